The van der Waals surface area contributed by atoms with E-state index in [1.165, 1.54) is 16.8 Å². The van der Waals surface area contributed by atoms with Gasteiger partial charge in [0.2, 0.25) is 0 Å². The number of aromatic nitrogens is 4. The van der Waals surface area contributed by atoms with Gasteiger partial charge in [0.1, 0.15) is 5.82 Å². The van der Waals surface area contributed by atoms with Crippen molar-refractivity contribution in [3.8, 4) is 17.1 Å². The van der Waals surface area contributed by atoms with Gasteiger partial charge in [0.05, 0.1) is 10.7 Å². The summed E-state index contributed by atoms with van der Waals surface area (Å²) in [4.78, 5) is 0. The van der Waals surface area contributed by atoms with Crippen LogP contribution in [-0.4, -0.2) is 20.2 Å². The quantitative estimate of drug-likeness (QED) is 0.739. The standard InChI is InChI=1S/C14H11ClFN5/c1-8-3-2-4-12(15)13(8)21-14(18-19-20-21)9-5-10(16)7-11(17)6-9/h2-7H,17H2,1H3. The van der Waals surface area contributed by atoms with Gasteiger partial charge in [0.15, 0.2) is 5.82 Å². The van der Waals surface area contributed by atoms with E-state index in [-0.39, 0.29) is 0 Å². The van der Waals surface area contributed by atoms with Gasteiger partial charge >= 0.3 is 0 Å². The first-order valence-corrected chi connectivity index (χ1v) is 6.54. The molecule has 0 fully saturated rings. The summed E-state index contributed by atoms with van der Waals surface area (Å²) in [5, 5.41) is 12.1. The van der Waals surface area contributed by atoms with Gasteiger partial charge in [-0.05, 0) is 47.2 Å². The van der Waals surface area contributed by atoms with Crippen molar-refractivity contribution < 1.29 is 4.39 Å². The van der Waals surface area contributed by atoms with Crippen LogP contribution in [0.15, 0.2) is 36.4 Å². The molecule has 3 aromatic rings. The lowest BCUT2D eigenvalue weighted by Crippen LogP contribution is -2.03. The lowest BCUT2D eigenvalue weighted by molar-refractivity contribution is 0.628. The van der Waals surface area contributed by atoms with Crippen LogP contribution < -0.4 is 5.73 Å². The Morgan fingerprint density at radius 1 is 1.24 bits per heavy atom. The third-order valence-electron chi connectivity index (χ3n) is 3.05. The highest BCUT2D eigenvalue weighted by Crippen LogP contribution is 2.28. The van der Waals surface area contributed by atoms with Gasteiger partial charge in [0, 0.05) is 11.3 Å². The minimum Gasteiger partial charge on any atom is -0.399 e. The monoisotopic (exact) mass is 303 g/mol. The molecule has 0 aliphatic heterocycles. The second kappa shape index (κ2) is 5.14. The number of nitrogens with zero attached hydrogens (tertiary/aromatic N) is 4. The van der Waals surface area contributed by atoms with Crippen molar-refractivity contribution >= 4 is 17.3 Å². The second-order valence-electron chi connectivity index (χ2n) is 4.59. The third-order valence-corrected chi connectivity index (χ3v) is 3.35. The summed E-state index contributed by atoms with van der Waals surface area (Å²) in [6.07, 6.45) is 0. The molecule has 5 nitrogen and oxygen atoms in total. The molecule has 2 N–H and O–H groups in total. The predicted octanol–water partition coefficient (Wildman–Crippen LogP) is 3.01. The Balaban J connectivity index is 2.22. The number of nitrogens with two attached hydrogens (primary N) is 1. The number of tetrazole rings is 1. The zero-order valence-corrected chi connectivity index (χ0v) is 11.8. The first kappa shape index (κ1) is 13.5. The number of benzene rings is 2. The van der Waals surface area contributed by atoms with E-state index in [0.29, 0.717) is 27.8 Å². The van der Waals surface area contributed by atoms with Gasteiger partial charge in [-0.25, -0.2) is 4.39 Å². The molecule has 7 heteroatoms. The number of halogens is 2. The van der Waals surface area contributed by atoms with Crippen molar-refractivity contribution in [3.63, 3.8) is 0 Å². The van der Waals surface area contributed by atoms with E-state index in [1.54, 1.807) is 12.1 Å². The summed E-state index contributed by atoms with van der Waals surface area (Å²) in [7, 11) is 0. The van der Waals surface area contributed by atoms with Gasteiger partial charge < -0.3 is 5.73 Å². The summed E-state index contributed by atoms with van der Waals surface area (Å²) in [5.74, 6) is -0.0761. The van der Waals surface area contributed by atoms with Crippen molar-refractivity contribution in [1.82, 2.24) is 20.2 Å². The largest absolute Gasteiger partial charge is 0.399 e. The molecule has 0 aliphatic rings. The zero-order valence-electron chi connectivity index (χ0n) is 11.1. The fourth-order valence-corrected chi connectivity index (χ4v) is 2.45. The Labute approximate surface area is 125 Å². The summed E-state index contributed by atoms with van der Waals surface area (Å²) in [5.41, 5.74) is 8.01. The predicted molar refractivity (Wildman–Crippen MR) is 78.7 cm³/mol. The van der Waals surface area contributed by atoms with Crippen LogP contribution in [0.1, 0.15) is 5.56 Å². The molecule has 0 aliphatic carbocycles. The summed E-state index contributed by atoms with van der Waals surface area (Å²) in [6.45, 7) is 1.90. The van der Waals surface area contributed by atoms with Crippen molar-refractivity contribution in [2.24, 2.45) is 0 Å². The highest BCUT2D eigenvalue weighted by molar-refractivity contribution is 6.32. The Morgan fingerprint density at radius 2 is 2.05 bits per heavy atom. The van der Waals surface area contributed by atoms with Crippen molar-refractivity contribution in [1.29, 1.82) is 0 Å². The van der Waals surface area contributed by atoms with Crippen LogP contribution in [0.3, 0.4) is 0 Å². The topological polar surface area (TPSA) is 69.6 Å². The molecule has 0 saturated carbocycles. The summed E-state index contributed by atoms with van der Waals surface area (Å²) < 4.78 is 15.0. The molecule has 1 aromatic heterocycles. The van der Waals surface area contributed by atoms with E-state index in [2.05, 4.69) is 15.5 Å². The Morgan fingerprint density at radius 3 is 2.76 bits per heavy atom. The Kier molecular flexibility index (Phi) is 3.31. The molecule has 0 spiro atoms. The SMILES string of the molecule is Cc1cccc(Cl)c1-n1nnnc1-c1cc(N)cc(F)c1. The number of nitrogen functional groups attached to an aromatic ring is 1. The molecular formula is C14H11ClFN5. The zero-order chi connectivity index (χ0) is 15.0. The van der Waals surface area contributed by atoms with E-state index in [9.17, 15) is 4.39 Å². The highest BCUT2D eigenvalue weighted by Gasteiger charge is 2.16. The molecule has 0 radical (unpaired) electrons. The van der Waals surface area contributed by atoms with E-state index in [1.807, 2.05) is 19.1 Å². The minimum absolute atomic E-state index is 0.301. The van der Waals surface area contributed by atoms with Gasteiger partial charge in [-0.3, -0.25) is 0 Å². The molecule has 106 valence electrons. The second-order valence-corrected chi connectivity index (χ2v) is 5.00. The molecule has 0 atom stereocenters. The van der Waals surface area contributed by atoms with E-state index in [4.69, 9.17) is 17.3 Å². The summed E-state index contributed by atoms with van der Waals surface area (Å²) >= 11 is 6.23. The lowest BCUT2D eigenvalue weighted by atomic mass is 10.1. The van der Waals surface area contributed by atoms with Crippen molar-refractivity contribution in [3.05, 3.63) is 52.8 Å². The van der Waals surface area contributed by atoms with Crippen molar-refractivity contribution in [2.45, 2.75) is 6.92 Å². The van der Waals surface area contributed by atoms with Crippen LogP contribution in [0.2, 0.25) is 5.02 Å². The number of hydrogen-bond donors (Lipinski definition) is 1. The van der Waals surface area contributed by atoms with Gasteiger partial charge in [-0.2, -0.15) is 4.68 Å². The maximum Gasteiger partial charge on any atom is 0.187 e. The smallest absolute Gasteiger partial charge is 0.187 e. The molecule has 1 heterocycles. The van der Waals surface area contributed by atoms with E-state index in [0.717, 1.165) is 5.56 Å². The average Bonchev–Trinajstić information content (AvgIpc) is 2.86. The fraction of sp³-hybridized carbons (Fsp3) is 0.0714. The third kappa shape index (κ3) is 2.45. The molecule has 2 aromatic carbocycles. The Hall–Kier alpha value is -2.47. The van der Waals surface area contributed by atoms with E-state index >= 15 is 0 Å². The van der Waals surface area contributed by atoms with Crippen LogP contribution in [-0.2, 0) is 0 Å². The maximum atomic E-state index is 13.5. The van der Waals surface area contributed by atoms with Crippen LogP contribution >= 0.6 is 11.6 Å². The minimum atomic E-state index is -0.449. The van der Waals surface area contributed by atoms with Crippen LogP contribution in [0.4, 0.5) is 10.1 Å². The number of para-hydroxylation sites is 1. The lowest BCUT2D eigenvalue weighted by Gasteiger charge is -2.10. The van der Waals surface area contributed by atoms with Crippen molar-refractivity contribution in [2.75, 3.05) is 5.73 Å². The van der Waals surface area contributed by atoms with Crippen LogP contribution in [0.25, 0.3) is 17.1 Å². The Bertz CT molecular complexity index is 774. The fourth-order valence-electron chi connectivity index (χ4n) is 2.15. The van der Waals surface area contributed by atoms with Gasteiger partial charge in [-0.15, -0.1) is 5.10 Å². The van der Waals surface area contributed by atoms with Gasteiger partial charge in [-0.1, -0.05) is 23.7 Å². The maximum absolute atomic E-state index is 13.5. The number of anilines is 1. The molecule has 3 rings (SSSR count). The molecule has 21 heavy (non-hydrogen) atoms. The number of hydrogen-bond acceptors (Lipinski definition) is 4. The molecule has 0 unspecified atom stereocenters. The van der Waals surface area contributed by atoms with Crippen LogP contribution in [0.5, 0.6) is 0 Å². The molecule has 0 saturated heterocycles. The molecule has 0 amide bonds. The first-order valence-electron chi connectivity index (χ1n) is 6.16. The number of rotatable bonds is 2. The van der Waals surface area contributed by atoms with Gasteiger partial charge in [0.25, 0.3) is 0 Å². The molecular weight excluding hydrogens is 293 g/mol. The number of aryl methyl sites for hydroxylation is 1. The molecule has 0 bridgehead atoms. The van der Waals surface area contributed by atoms with E-state index < -0.39 is 5.82 Å². The summed E-state index contributed by atoms with van der Waals surface area (Å²) in [6, 6.07) is 9.65. The van der Waals surface area contributed by atoms with Crippen LogP contribution in [0, 0.1) is 12.7 Å². The first-order chi connectivity index (χ1) is 10.1. The average molecular weight is 304 g/mol. The normalized spacial score (nSPS) is 10.8. The highest BCUT2D eigenvalue weighted by atomic mass is 35.5.